The van der Waals surface area contributed by atoms with Crippen molar-refractivity contribution in [2.75, 3.05) is 43.6 Å². The Morgan fingerprint density at radius 2 is 1.97 bits per heavy atom. The fraction of sp³-hybridized carbons (Fsp3) is 0.435. The van der Waals surface area contributed by atoms with Crippen LogP contribution >= 0.6 is 0 Å². The second kappa shape index (κ2) is 8.19. The highest BCUT2D eigenvalue weighted by atomic mass is 16.5. The van der Waals surface area contributed by atoms with Crippen LogP contribution in [0.1, 0.15) is 25.1 Å². The molecule has 1 fully saturated rings. The molecule has 5 rings (SSSR count). The number of nitrogens with zero attached hydrogens (tertiary/aromatic N) is 5. The van der Waals surface area contributed by atoms with Gasteiger partial charge in [-0.3, -0.25) is 0 Å². The van der Waals surface area contributed by atoms with Crippen LogP contribution in [0.25, 0.3) is 11.0 Å². The van der Waals surface area contributed by atoms with Crippen LogP contribution in [0.2, 0.25) is 0 Å². The Morgan fingerprint density at radius 1 is 1.13 bits per heavy atom. The van der Waals surface area contributed by atoms with E-state index in [0.29, 0.717) is 5.92 Å². The Bertz CT molecular complexity index is 1100. The SMILES string of the molecule is CC(C)Cc1noc2ccc3c(c12)N=C(Nc1ccc(N2CCOCC2)cn1)N(C)C3. The molecule has 1 N–H and O–H groups in total. The number of ether oxygens (including phenoxy) is 1. The average molecular weight is 421 g/mol. The topological polar surface area (TPSA) is 79.0 Å². The van der Waals surface area contributed by atoms with Crippen LogP contribution in [-0.4, -0.2) is 54.4 Å². The standard InChI is InChI=1S/C23H28N6O2/c1-15(2)12-18-21-19(31-27-18)6-4-16-14-28(3)23(26-22(16)21)25-20-7-5-17(13-24-20)29-8-10-30-11-9-29/h4-7,13,15H,8-12,14H2,1-3H3,(H,24,25,26). The number of pyridine rings is 1. The van der Waals surface area contributed by atoms with E-state index in [1.54, 1.807) is 0 Å². The molecule has 1 aromatic carbocycles. The van der Waals surface area contributed by atoms with Crippen molar-refractivity contribution < 1.29 is 9.26 Å². The van der Waals surface area contributed by atoms with Gasteiger partial charge < -0.3 is 24.4 Å². The summed E-state index contributed by atoms with van der Waals surface area (Å²) in [5.41, 5.74) is 4.99. The van der Waals surface area contributed by atoms with E-state index in [0.717, 1.165) is 79.1 Å². The highest BCUT2D eigenvalue weighted by Crippen LogP contribution is 2.37. The van der Waals surface area contributed by atoms with Crippen LogP contribution in [0.4, 0.5) is 17.2 Å². The van der Waals surface area contributed by atoms with Gasteiger partial charge in [0.1, 0.15) is 5.82 Å². The zero-order valence-electron chi connectivity index (χ0n) is 18.3. The molecular formula is C23H28N6O2. The summed E-state index contributed by atoms with van der Waals surface area (Å²) in [5, 5.41) is 8.73. The third-order valence-electron chi connectivity index (χ3n) is 5.72. The summed E-state index contributed by atoms with van der Waals surface area (Å²) in [7, 11) is 2.03. The summed E-state index contributed by atoms with van der Waals surface area (Å²) in [4.78, 5) is 14.0. The van der Waals surface area contributed by atoms with Gasteiger partial charge in [0.05, 0.1) is 41.9 Å². The molecule has 0 spiro atoms. The second-order valence-corrected chi connectivity index (χ2v) is 8.59. The van der Waals surface area contributed by atoms with Gasteiger partial charge in [-0.1, -0.05) is 25.1 Å². The number of anilines is 2. The third kappa shape index (κ3) is 3.95. The lowest BCUT2D eigenvalue weighted by Crippen LogP contribution is -2.36. The average Bonchev–Trinajstić information content (AvgIpc) is 3.18. The summed E-state index contributed by atoms with van der Waals surface area (Å²) in [5.74, 6) is 2.03. The fourth-order valence-electron chi connectivity index (χ4n) is 4.13. The molecule has 1 saturated heterocycles. The molecule has 2 aliphatic heterocycles. The first-order chi connectivity index (χ1) is 15.1. The van der Waals surface area contributed by atoms with Gasteiger partial charge >= 0.3 is 0 Å². The Morgan fingerprint density at radius 3 is 2.71 bits per heavy atom. The van der Waals surface area contributed by atoms with E-state index in [9.17, 15) is 0 Å². The number of morpholine rings is 1. The molecular weight excluding hydrogens is 392 g/mol. The largest absolute Gasteiger partial charge is 0.378 e. The molecule has 162 valence electrons. The first-order valence-corrected chi connectivity index (χ1v) is 10.8. The monoisotopic (exact) mass is 420 g/mol. The number of guanidine groups is 1. The normalized spacial score (nSPS) is 16.6. The van der Waals surface area contributed by atoms with Crippen molar-refractivity contribution in [1.29, 1.82) is 0 Å². The van der Waals surface area contributed by atoms with Crippen LogP contribution in [0, 0.1) is 5.92 Å². The zero-order chi connectivity index (χ0) is 21.4. The fourth-order valence-corrected chi connectivity index (χ4v) is 4.13. The Labute approximate surface area is 181 Å². The Balaban J connectivity index is 1.43. The lowest BCUT2D eigenvalue weighted by Gasteiger charge is -2.29. The van der Waals surface area contributed by atoms with Gasteiger partial charge in [0.2, 0.25) is 5.96 Å². The number of nitrogens with one attached hydrogen (secondary N) is 1. The van der Waals surface area contributed by atoms with Crippen LogP contribution in [0.15, 0.2) is 40.0 Å². The lowest BCUT2D eigenvalue weighted by atomic mass is 10.0. The van der Waals surface area contributed by atoms with E-state index in [1.807, 2.05) is 25.4 Å². The first kappa shape index (κ1) is 19.8. The number of rotatable bonds is 4. The minimum absolute atomic E-state index is 0.492. The molecule has 0 bridgehead atoms. The molecule has 2 aromatic heterocycles. The highest BCUT2D eigenvalue weighted by molar-refractivity contribution is 6.01. The van der Waals surface area contributed by atoms with Gasteiger partial charge in [0.15, 0.2) is 5.58 Å². The number of aliphatic imine (C=N–C) groups is 1. The van der Waals surface area contributed by atoms with Crippen molar-refractivity contribution in [1.82, 2.24) is 15.0 Å². The summed E-state index contributed by atoms with van der Waals surface area (Å²) in [6.45, 7) is 8.45. The van der Waals surface area contributed by atoms with Gasteiger partial charge in [0.25, 0.3) is 0 Å². The van der Waals surface area contributed by atoms with Crippen molar-refractivity contribution in [3.05, 3.63) is 41.7 Å². The first-order valence-electron chi connectivity index (χ1n) is 10.8. The quantitative estimate of drug-likeness (QED) is 0.688. The Hall–Kier alpha value is -3.13. The van der Waals surface area contributed by atoms with E-state index in [1.165, 1.54) is 5.56 Å². The number of fused-ring (bicyclic) bond motifs is 3. The van der Waals surface area contributed by atoms with Crippen molar-refractivity contribution in [3.63, 3.8) is 0 Å². The molecule has 8 nitrogen and oxygen atoms in total. The van der Waals surface area contributed by atoms with E-state index in [2.05, 4.69) is 51.2 Å². The second-order valence-electron chi connectivity index (χ2n) is 8.59. The smallest absolute Gasteiger partial charge is 0.204 e. The molecule has 8 heteroatoms. The molecule has 0 aliphatic carbocycles. The molecule has 0 saturated carbocycles. The van der Waals surface area contributed by atoms with Crippen molar-refractivity contribution in [3.8, 4) is 0 Å². The van der Waals surface area contributed by atoms with Crippen LogP contribution in [-0.2, 0) is 17.7 Å². The molecule has 2 aliphatic rings. The predicted octanol–water partition coefficient (Wildman–Crippen LogP) is 3.80. The van der Waals surface area contributed by atoms with Crippen molar-refractivity contribution >= 4 is 34.1 Å². The van der Waals surface area contributed by atoms with Crippen LogP contribution < -0.4 is 10.2 Å². The minimum Gasteiger partial charge on any atom is -0.378 e. The number of hydrogen-bond acceptors (Lipinski definition) is 8. The highest BCUT2D eigenvalue weighted by Gasteiger charge is 2.23. The molecule has 0 atom stereocenters. The van der Waals surface area contributed by atoms with Gasteiger partial charge in [-0.05, 0) is 36.1 Å². The summed E-state index contributed by atoms with van der Waals surface area (Å²) < 4.78 is 11.0. The third-order valence-corrected chi connectivity index (χ3v) is 5.72. The predicted molar refractivity (Wildman–Crippen MR) is 122 cm³/mol. The summed E-state index contributed by atoms with van der Waals surface area (Å²) >= 11 is 0. The molecule has 0 radical (unpaired) electrons. The van der Waals surface area contributed by atoms with Gasteiger partial charge in [-0.15, -0.1) is 0 Å². The molecule has 31 heavy (non-hydrogen) atoms. The number of benzene rings is 1. The van der Waals surface area contributed by atoms with E-state index in [-0.39, 0.29) is 0 Å². The van der Waals surface area contributed by atoms with E-state index >= 15 is 0 Å². The maximum atomic E-state index is 5.59. The summed E-state index contributed by atoms with van der Waals surface area (Å²) in [6.07, 6.45) is 2.77. The maximum Gasteiger partial charge on any atom is 0.204 e. The van der Waals surface area contributed by atoms with E-state index < -0.39 is 0 Å². The van der Waals surface area contributed by atoms with Crippen LogP contribution in [0.3, 0.4) is 0 Å². The zero-order valence-corrected chi connectivity index (χ0v) is 18.3. The number of aromatic nitrogens is 2. The van der Waals surface area contributed by atoms with Crippen molar-refractivity contribution in [2.24, 2.45) is 10.9 Å². The van der Waals surface area contributed by atoms with Crippen LogP contribution in [0.5, 0.6) is 0 Å². The van der Waals surface area contributed by atoms with Gasteiger partial charge in [-0.25, -0.2) is 9.98 Å². The maximum absolute atomic E-state index is 5.59. The van der Waals surface area contributed by atoms with E-state index in [4.69, 9.17) is 14.3 Å². The van der Waals surface area contributed by atoms with Gasteiger partial charge in [-0.2, -0.15) is 0 Å². The number of hydrogen-bond donors (Lipinski definition) is 1. The van der Waals surface area contributed by atoms with Crippen molar-refractivity contribution in [2.45, 2.75) is 26.8 Å². The summed E-state index contributed by atoms with van der Waals surface area (Å²) in [6, 6.07) is 8.17. The minimum atomic E-state index is 0.492. The molecule has 0 amide bonds. The van der Waals surface area contributed by atoms with Gasteiger partial charge in [0, 0.05) is 26.7 Å². The lowest BCUT2D eigenvalue weighted by molar-refractivity contribution is 0.122. The Kier molecular flexibility index (Phi) is 5.23. The molecule has 3 aromatic rings. The molecule has 4 heterocycles. The molecule has 0 unspecified atom stereocenters.